The van der Waals surface area contributed by atoms with Gasteiger partial charge < -0.3 is 4.98 Å². The van der Waals surface area contributed by atoms with E-state index in [0.29, 0.717) is 0 Å². The number of rotatable bonds is 0. The van der Waals surface area contributed by atoms with Crippen LogP contribution in [-0.2, 0) is 0 Å². The molecule has 0 fully saturated rings. The number of hydrogen-bond donors (Lipinski definition) is 1. The number of nitrogens with one attached hydrogen (secondary N) is 1. The van der Waals surface area contributed by atoms with Crippen LogP contribution in [0.15, 0.2) is 48.7 Å². The fraction of sp³-hybridized carbons (Fsp3) is 0.0625. The summed E-state index contributed by atoms with van der Waals surface area (Å²) >= 11 is 0. The van der Waals surface area contributed by atoms with Gasteiger partial charge in [-0.15, -0.1) is 0 Å². The van der Waals surface area contributed by atoms with Gasteiger partial charge in [-0.3, -0.25) is 0 Å². The number of benzene rings is 2. The van der Waals surface area contributed by atoms with Crippen molar-refractivity contribution in [2.75, 3.05) is 0 Å². The van der Waals surface area contributed by atoms with Crippen LogP contribution in [0.5, 0.6) is 0 Å². The Labute approximate surface area is 104 Å². The molecule has 0 saturated heterocycles. The van der Waals surface area contributed by atoms with Crippen LogP contribution in [-0.4, -0.2) is 9.97 Å². The van der Waals surface area contributed by atoms with E-state index in [0.717, 1.165) is 11.2 Å². The molecule has 0 unspecified atom stereocenters. The highest BCUT2D eigenvalue weighted by Gasteiger charge is 2.08. The zero-order valence-corrected chi connectivity index (χ0v) is 10.1. The molecule has 4 rings (SSSR count). The third kappa shape index (κ3) is 1.20. The predicted molar refractivity (Wildman–Crippen MR) is 75.8 cm³/mol. The summed E-state index contributed by atoms with van der Waals surface area (Å²) in [7, 11) is 0. The maximum absolute atomic E-state index is 4.52. The summed E-state index contributed by atoms with van der Waals surface area (Å²) in [6, 6.07) is 14.9. The van der Waals surface area contributed by atoms with E-state index in [1.807, 2.05) is 6.20 Å². The van der Waals surface area contributed by atoms with Crippen LogP contribution in [0.3, 0.4) is 0 Å². The number of aryl methyl sites for hydroxylation is 1. The molecule has 2 aromatic heterocycles. The Morgan fingerprint density at radius 1 is 1.00 bits per heavy atom. The van der Waals surface area contributed by atoms with Crippen molar-refractivity contribution in [1.82, 2.24) is 9.97 Å². The maximum Gasteiger partial charge on any atom is 0.138 e. The highest BCUT2D eigenvalue weighted by Crippen LogP contribution is 2.30. The molecule has 18 heavy (non-hydrogen) atoms. The fourth-order valence-corrected chi connectivity index (χ4v) is 2.63. The molecule has 4 aromatic rings. The highest BCUT2D eigenvalue weighted by atomic mass is 14.8. The van der Waals surface area contributed by atoms with Crippen molar-refractivity contribution in [2.24, 2.45) is 0 Å². The minimum absolute atomic E-state index is 0.967. The summed E-state index contributed by atoms with van der Waals surface area (Å²) < 4.78 is 0. The third-order valence-corrected chi connectivity index (χ3v) is 3.50. The Bertz CT molecular complexity index is 887. The van der Waals surface area contributed by atoms with Crippen molar-refractivity contribution in [2.45, 2.75) is 6.92 Å². The van der Waals surface area contributed by atoms with Crippen molar-refractivity contribution < 1.29 is 0 Å². The second kappa shape index (κ2) is 3.33. The van der Waals surface area contributed by atoms with E-state index < -0.39 is 0 Å². The number of fused-ring (bicyclic) bond motifs is 5. The van der Waals surface area contributed by atoms with Gasteiger partial charge in [-0.1, -0.05) is 35.9 Å². The molecule has 0 radical (unpaired) electrons. The number of hydrogen-bond acceptors (Lipinski definition) is 1. The normalized spacial score (nSPS) is 11.6. The van der Waals surface area contributed by atoms with Crippen molar-refractivity contribution >= 4 is 32.7 Å². The number of aromatic amines is 1. The van der Waals surface area contributed by atoms with Gasteiger partial charge in [0.25, 0.3) is 0 Å². The lowest BCUT2D eigenvalue weighted by molar-refractivity contribution is 1.36. The summed E-state index contributed by atoms with van der Waals surface area (Å²) in [6.45, 7) is 2.12. The van der Waals surface area contributed by atoms with Crippen LogP contribution in [0.2, 0.25) is 0 Å². The molecule has 0 aliphatic rings. The summed E-state index contributed by atoms with van der Waals surface area (Å²) in [5, 5.41) is 4.94. The number of pyridine rings is 1. The van der Waals surface area contributed by atoms with Crippen LogP contribution in [0, 0.1) is 6.92 Å². The monoisotopic (exact) mass is 232 g/mol. The van der Waals surface area contributed by atoms with Crippen LogP contribution in [0.1, 0.15) is 5.56 Å². The number of aromatic nitrogens is 2. The quantitative estimate of drug-likeness (QED) is 0.484. The van der Waals surface area contributed by atoms with E-state index >= 15 is 0 Å². The molecule has 2 heteroatoms. The molecule has 0 aliphatic heterocycles. The van der Waals surface area contributed by atoms with Crippen molar-refractivity contribution in [3.63, 3.8) is 0 Å². The van der Waals surface area contributed by atoms with Crippen molar-refractivity contribution in [1.29, 1.82) is 0 Å². The molecule has 0 amide bonds. The van der Waals surface area contributed by atoms with Crippen LogP contribution >= 0.6 is 0 Å². The van der Waals surface area contributed by atoms with Gasteiger partial charge in [0.1, 0.15) is 5.65 Å². The lowest BCUT2D eigenvalue weighted by atomic mass is 10.1. The maximum atomic E-state index is 4.52. The highest BCUT2D eigenvalue weighted by molar-refractivity contribution is 6.18. The molecule has 0 atom stereocenters. The predicted octanol–water partition coefficient (Wildman–Crippen LogP) is 4.18. The molecule has 2 heterocycles. The van der Waals surface area contributed by atoms with Gasteiger partial charge in [-0.25, -0.2) is 4.98 Å². The first-order valence-corrected chi connectivity index (χ1v) is 6.09. The molecule has 86 valence electrons. The van der Waals surface area contributed by atoms with Gasteiger partial charge in [-0.2, -0.15) is 0 Å². The van der Waals surface area contributed by atoms with Gasteiger partial charge >= 0.3 is 0 Å². The average molecular weight is 232 g/mol. The van der Waals surface area contributed by atoms with Crippen LogP contribution in [0.4, 0.5) is 0 Å². The lowest BCUT2D eigenvalue weighted by Crippen LogP contribution is -1.78. The molecular weight excluding hydrogens is 220 g/mol. The largest absolute Gasteiger partial charge is 0.339 e. The summed E-state index contributed by atoms with van der Waals surface area (Å²) in [6.07, 6.45) is 1.93. The van der Waals surface area contributed by atoms with Crippen LogP contribution < -0.4 is 0 Å². The fourth-order valence-electron chi connectivity index (χ4n) is 2.63. The van der Waals surface area contributed by atoms with Gasteiger partial charge in [0.2, 0.25) is 0 Å². The molecule has 2 aromatic carbocycles. The molecular formula is C16H12N2. The zero-order chi connectivity index (χ0) is 12.1. The summed E-state index contributed by atoms with van der Waals surface area (Å²) in [4.78, 5) is 7.91. The molecule has 0 spiro atoms. The van der Waals surface area contributed by atoms with Gasteiger partial charge in [0.05, 0.1) is 0 Å². The Morgan fingerprint density at radius 2 is 1.89 bits per heavy atom. The van der Waals surface area contributed by atoms with E-state index in [1.54, 1.807) is 0 Å². The van der Waals surface area contributed by atoms with E-state index in [4.69, 9.17) is 0 Å². The van der Waals surface area contributed by atoms with E-state index in [1.165, 1.54) is 27.1 Å². The van der Waals surface area contributed by atoms with Crippen molar-refractivity contribution in [3.05, 3.63) is 54.2 Å². The molecule has 0 saturated carbocycles. The minimum Gasteiger partial charge on any atom is -0.339 e. The third-order valence-electron chi connectivity index (χ3n) is 3.50. The van der Waals surface area contributed by atoms with E-state index in [-0.39, 0.29) is 0 Å². The first-order chi connectivity index (χ1) is 8.83. The average Bonchev–Trinajstić information content (AvgIpc) is 2.77. The first kappa shape index (κ1) is 9.66. The topological polar surface area (TPSA) is 28.7 Å². The number of H-pyrrole nitrogens is 1. The molecule has 0 bridgehead atoms. The smallest absolute Gasteiger partial charge is 0.138 e. The first-order valence-electron chi connectivity index (χ1n) is 6.09. The number of nitrogens with zero attached hydrogens (tertiary/aromatic N) is 1. The standard InChI is InChI=1S/C16H12N2/c1-10-6-7-14-13(8-10)15-12-5-3-2-4-11(12)9-17-16(15)18-14/h2-9H,1H3,(H,17,18). The Balaban J connectivity index is 2.35. The van der Waals surface area contributed by atoms with Gasteiger partial charge in [0.15, 0.2) is 0 Å². The SMILES string of the molecule is Cc1ccc2[nH]c3ncc4ccccc4c3c2c1. The van der Waals surface area contributed by atoms with E-state index in [2.05, 4.69) is 59.4 Å². The molecule has 1 N–H and O–H groups in total. The van der Waals surface area contributed by atoms with Crippen molar-refractivity contribution in [3.8, 4) is 0 Å². The zero-order valence-electron chi connectivity index (χ0n) is 10.1. The van der Waals surface area contributed by atoms with Gasteiger partial charge in [-0.05, 0) is 24.4 Å². The molecule has 2 nitrogen and oxygen atoms in total. The Kier molecular flexibility index (Phi) is 1.78. The second-order valence-electron chi connectivity index (χ2n) is 4.74. The minimum atomic E-state index is 0.967. The lowest BCUT2D eigenvalue weighted by Gasteiger charge is -1.99. The summed E-state index contributed by atoms with van der Waals surface area (Å²) in [5.74, 6) is 0. The Hall–Kier alpha value is -2.35. The van der Waals surface area contributed by atoms with Crippen LogP contribution in [0.25, 0.3) is 32.7 Å². The second-order valence-corrected chi connectivity index (χ2v) is 4.74. The Morgan fingerprint density at radius 3 is 2.83 bits per heavy atom. The summed E-state index contributed by atoms with van der Waals surface area (Å²) in [5.41, 5.74) is 3.39. The molecule has 0 aliphatic carbocycles. The van der Waals surface area contributed by atoms with E-state index in [9.17, 15) is 0 Å². The van der Waals surface area contributed by atoms with Gasteiger partial charge in [0, 0.05) is 27.9 Å².